The smallest absolute Gasteiger partial charge is 0.407 e. The van der Waals surface area contributed by atoms with Crippen LogP contribution in [-0.2, 0) is 19.0 Å². The third kappa shape index (κ3) is 7.34. The number of esters is 1. The number of unbranched alkanes of at least 4 members (excludes halogenated alkanes) is 1. The molecule has 0 aromatic heterocycles. The van der Waals surface area contributed by atoms with Crippen LogP contribution in [0.4, 0.5) is 9.59 Å². The zero-order valence-electron chi connectivity index (χ0n) is 20.7. The van der Waals surface area contributed by atoms with Crippen molar-refractivity contribution in [2.75, 3.05) is 26.4 Å². The summed E-state index contributed by atoms with van der Waals surface area (Å²) in [4.78, 5) is 36.7. The second-order valence-corrected chi connectivity index (χ2v) is 8.50. The van der Waals surface area contributed by atoms with E-state index in [0.29, 0.717) is 32.2 Å². The van der Waals surface area contributed by atoms with Crippen molar-refractivity contribution >= 4 is 18.2 Å². The van der Waals surface area contributed by atoms with Gasteiger partial charge in [0.05, 0.1) is 6.61 Å². The fourth-order valence-corrected chi connectivity index (χ4v) is 4.18. The number of hydrogen-bond acceptors (Lipinski definition) is 6. The van der Waals surface area contributed by atoms with Crippen LogP contribution in [0.1, 0.15) is 49.7 Å². The van der Waals surface area contributed by atoms with Crippen molar-refractivity contribution in [1.29, 1.82) is 0 Å². The van der Waals surface area contributed by atoms with Gasteiger partial charge in [0.1, 0.15) is 19.3 Å². The van der Waals surface area contributed by atoms with Gasteiger partial charge in [-0.25, -0.2) is 14.4 Å². The Labute approximate surface area is 212 Å². The van der Waals surface area contributed by atoms with E-state index in [1.165, 1.54) is 6.08 Å². The zero-order valence-corrected chi connectivity index (χ0v) is 20.7. The number of ether oxygens (including phenoxy) is 3. The minimum absolute atomic E-state index is 0.0689. The van der Waals surface area contributed by atoms with E-state index in [1.54, 1.807) is 0 Å². The average Bonchev–Trinajstić information content (AvgIpc) is 3.22. The van der Waals surface area contributed by atoms with Crippen LogP contribution in [-0.4, -0.2) is 50.6 Å². The van der Waals surface area contributed by atoms with E-state index in [2.05, 4.69) is 29.3 Å². The Kier molecular flexibility index (Phi) is 10.4. The Bertz CT molecular complexity index is 1010. The summed E-state index contributed by atoms with van der Waals surface area (Å²) in [6, 6.07) is 15.4. The minimum atomic E-state index is -0.833. The second kappa shape index (κ2) is 13.9. The molecule has 1 atom stereocenters. The largest absolute Gasteiger partial charge is 0.464 e. The van der Waals surface area contributed by atoms with Gasteiger partial charge in [-0.3, -0.25) is 0 Å². The molecule has 2 amide bonds. The summed E-state index contributed by atoms with van der Waals surface area (Å²) < 4.78 is 15.7. The molecule has 0 heterocycles. The highest BCUT2D eigenvalue weighted by molar-refractivity contribution is 5.82. The molecule has 0 saturated carbocycles. The summed E-state index contributed by atoms with van der Waals surface area (Å²) in [6.45, 7) is 6.35. The van der Waals surface area contributed by atoms with Crippen molar-refractivity contribution in [2.45, 2.75) is 44.6 Å². The van der Waals surface area contributed by atoms with E-state index in [9.17, 15) is 14.4 Å². The van der Waals surface area contributed by atoms with E-state index in [1.807, 2.05) is 43.3 Å². The molecule has 2 N–H and O–H groups in total. The first-order valence-electron chi connectivity index (χ1n) is 12.3. The first-order chi connectivity index (χ1) is 17.5. The molecule has 0 spiro atoms. The van der Waals surface area contributed by atoms with Crippen LogP contribution in [0.25, 0.3) is 11.1 Å². The maximum absolute atomic E-state index is 12.7. The van der Waals surface area contributed by atoms with Gasteiger partial charge in [0.25, 0.3) is 0 Å². The number of alkyl carbamates (subject to hydrolysis) is 2. The van der Waals surface area contributed by atoms with Crippen molar-refractivity contribution in [1.82, 2.24) is 10.6 Å². The number of carbonyl (C=O) groups excluding carboxylic acids is 3. The van der Waals surface area contributed by atoms with Crippen LogP contribution in [0.5, 0.6) is 0 Å². The van der Waals surface area contributed by atoms with Gasteiger partial charge >= 0.3 is 18.2 Å². The van der Waals surface area contributed by atoms with Gasteiger partial charge in [-0.2, -0.15) is 0 Å². The van der Waals surface area contributed by atoms with Gasteiger partial charge in [0, 0.05) is 12.5 Å². The maximum Gasteiger partial charge on any atom is 0.407 e. The van der Waals surface area contributed by atoms with E-state index >= 15 is 0 Å². The fourth-order valence-electron chi connectivity index (χ4n) is 4.18. The Morgan fingerprint density at radius 2 is 1.61 bits per heavy atom. The number of fused-ring (bicyclic) bond motifs is 3. The number of carbonyl (C=O) groups is 3. The SMILES string of the molecule is C=CCOC(=O)NCCCC[C@H](NC(=O)OCC1c2ccccc2-c2ccccc21)C(=O)OCCC. The number of nitrogens with one attached hydrogen (secondary N) is 2. The summed E-state index contributed by atoms with van der Waals surface area (Å²) in [6.07, 6.45) is 2.52. The van der Waals surface area contributed by atoms with Crippen molar-refractivity contribution in [3.63, 3.8) is 0 Å². The highest BCUT2D eigenvalue weighted by atomic mass is 16.6. The molecule has 8 nitrogen and oxygen atoms in total. The highest BCUT2D eigenvalue weighted by Crippen LogP contribution is 2.44. The maximum atomic E-state index is 12.7. The molecule has 0 saturated heterocycles. The van der Waals surface area contributed by atoms with Crippen LogP contribution in [0, 0.1) is 0 Å². The van der Waals surface area contributed by atoms with Crippen molar-refractivity contribution in [3.05, 3.63) is 72.3 Å². The summed E-state index contributed by atoms with van der Waals surface area (Å²) in [5.41, 5.74) is 4.52. The molecule has 3 rings (SSSR count). The second-order valence-electron chi connectivity index (χ2n) is 8.50. The van der Waals surface area contributed by atoms with Gasteiger partial charge in [0.2, 0.25) is 0 Å². The summed E-state index contributed by atoms with van der Waals surface area (Å²) >= 11 is 0. The monoisotopic (exact) mass is 494 g/mol. The topological polar surface area (TPSA) is 103 Å². The molecule has 8 heteroatoms. The molecule has 2 aromatic rings. The number of amides is 2. The van der Waals surface area contributed by atoms with E-state index in [-0.39, 0.29) is 25.7 Å². The third-order valence-electron chi connectivity index (χ3n) is 5.89. The van der Waals surface area contributed by atoms with Crippen molar-refractivity contribution in [3.8, 4) is 11.1 Å². The molecule has 36 heavy (non-hydrogen) atoms. The van der Waals surface area contributed by atoms with Gasteiger partial charge in [0.15, 0.2) is 0 Å². The predicted octanol–water partition coefficient (Wildman–Crippen LogP) is 4.93. The fraction of sp³-hybridized carbons (Fsp3) is 0.393. The summed E-state index contributed by atoms with van der Waals surface area (Å²) in [5, 5.41) is 5.29. The lowest BCUT2D eigenvalue weighted by Crippen LogP contribution is -2.42. The van der Waals surface area contributed by atoms with Crippen molar-refractivity contribution in [2.24, 2.45) is 0 Å². The average molecular weight is 495 g/mol. The van der Waals surface area contributed by atoms with Crippen molar-refractivity contribution < 1.29 is 28.6 Å². The predicted molar refractivity (Wildman–Crippen MR) is 137 cm³/mol. The van der Waals surface area contributed by atoms with Gasteiger partial charge in [-0.1, -0.05) is 68.1 Å². The molecular weight excluding hydrogens is 460 g/mol. The summed E-state index contributed by atoms with van der Waals surface area (Å²) in [5.74, 6) is -0.565. The lowest BCUT2D eigenvalue weighted by molar-refractivity contribution is -0.146. The molecule has 1 aliphatic rings. The zero-order chi connectivity index (χ0) is 25.8. The van der Waals surface area contributed by atoms with Crippen LogP contribution in [0.3, 0.4) is 0 Å². The molecule has 1 aliphatic carbocycles. The van der Waals surface area contributed by atoms with Crippen LogP contribution in [0.15, 0.2) is 61.2 Å². The first-order valence-corrected chi connectivity index (χ1v) is 12.3. The lowest BCUT2D eigenvalue weighted by atomic mass is 9.98. The lowest BCUT2D eigenvalue weighted by Gasteiger charge is -2.19. The van der Waals surface area contributed by atoms with Gasteiger partial charge in [-0.05, 0) is 47.9 Å². The van der Waals surface area contributed by atoms with E-state index in [4.69, 9.17) is 14.2 Å². The Morgan fingerprint density at radius 1 is 0.944 bits per heavy atom. The molecular formula is C28H34N2O6. The molecule has 0 radical (unpaired) electrons. The molecule has 0 aliphatic heterocycles. The molecule has 192 valence electrons. The number of rotatable bonds is 13. The third-order valence-corrected chi connectivity index (χ3v) is 5.89. The molecule has 2 aromatic carbocycles. The van der Waals surface area contributed by atoms with E-state index < -0.39 is 24.2 Å². The number of hydrogen-bond donors (Lipinski definition) is 2. The van der Waals surface area contributed by atoms with E-state index in [0.717, 1.165) is 22.3 Å². The summed E-state index contributed by atoms with van der Waals surface area (Å²) in [7, 11) is 0. The molecule has 0 fully saturated rings. The first kappa shape index (κ1) is 26.8. The minimum Gasteiger partial charge on any atom is -0.464 e. The Morgan fingerprint density at radius 3 is 2.25 bits per heavy atom. The van der Waals surface area contributed by atoms with Crippen LogP contribution >= 0.6 is 0 Å². The van der Waals surface area contributed by atoms with Gasteiger partial charge in [-0.15, -0.1) is 0 Å². The standard InChI is InChI=1S/C28H34N2O6/c1-3-17-34-26(31)25(15-9-10-16-29-27(32)35-18-4-2)30-28(33)36-19-24-22-13-7-5-11-20(22)21-12-6-8-14-23(21)24/h4-8,11-14,24-25H,2-3,9-10,15-19H2,1H3,(H,29,32)(H,30,33)/t25-/m0/s1. The quantitative estimate of drug-likeness (QED) is 0.177. The Hall–Kier alpha value is -3.81. The molecule has 0 unspecified atom stereocenters. The Balaban J connectivity index is 1.52. The number of benzene rings is 2. The van der Waals surface area contributed by atoms with Gasteiger partial charge < -0.3 is 24.8 Å². The van der Waals surface area contributed by atoms with Crippen LogP contribution < -0.4 is 10.6 Å². The normalized spacial score (nSPS) is 12.6. The molecule has 0 bridgehead atoms. The highest BCUT2D eigenvalue weighted by Gasteiger charge is 2.30. The van der Waals surface area contributed by atoms with Crippen LogP contribution in [0.2, 0.25) is 0 Å².